The minimum atomic E-state index is 0.0434. The first-order valence-electron chi connectivity index (χ1n) is 3.49. The van der Waals surface area contributed by atoms with Gasteiger partial charge in [0.15, 0.2) is 0 Å². The number of aliphatic imine (C=N–C) groups is 1. The van der Waals surface area contributed by atoms with Crippen LogP contribution in [0, 0.1) is 0 Å². The van der Waals surface area contributed by atoms with E-state index in [1.807, 2.05) is 0 Å². The van der Waals surface area contributed by atoms with Gasteiger partial charge in [-0.1, -0.05) is 6.58 Å². The van der Waals surface area contributed by atoms with Gasteiger partial charge in [0.2, 0.25) is 5.90 Å². The molecule has 0 atom stereocenters. The molecule has 2 heteroatoms. The van der Waals surface area contributed by atoms with Gasteiger partial charge in [0.05, 0.1) is 12.1 Å². The molecule has 56 valence electrons. The molecule has 2 nitrogen and oxygen atoms in total. The van der Waals surface area contributed by atoms with Crippen LogP contribution in [0.15, 0.2) is 17.6 Å². The van der Waals surface area contributed by atoms with E-state index in [-0.39, 0.29) is 5.54 Å². The Kier molecular flexibility index (Phi) is 1.79. The lowest BCUT2D eigenvalue weighted by molar-refractivity contribution is 0.233. The second-order valence-corrected chi connectivity index (χ2v) is 3.07. The predicted octanol–water partition coefficient (Wildman–Crippen LogP) is 1.77. The van der Waals surface area contributed by atoms with Crippen molar-refractivity contribution in [1.82, 2.24) is 0 Å². The third kappa shape index (κ3) is 1.59. The van der Waals surface area contributed by atoms with Gasteiger partial charge in [-0.15, -0.1) is 0 Å². The summed E-state index contributed by atoms with van der Waals surface area (Å²) in [5.41, 5.74) is 0.0434. The Bertz CT molecular complexity index is 170. The molecule has 10 heavy (non-hydrogen) atoms. The zero-order chi connectivity index (χ0) is 7.61. The number of ether oxygens (including phenoxy) is 1. The smallest absolute Gasteiger partial charge is 0.208 e. The van der Waals surface area contributed by atoms with Gasteiger partial charge in [-0.25, -0.2) is 4.99 Å². The van der Waals surface area contributed by atoms with Crippen LogP contribution < -0.4 is 0 Å². The van der Waals surface area contributed by atoms with Gasteiger partial charge in [0.1, 0.15) is 0 Å². The lowest BCUT2D eigenvalue weighted by atomic mass is 10.0. The monoisotopic (exact) mass is 139 g/mol. The molecule has 0 aromatic rings. The van der Waals surface area contributed by atoms with Crippen molar-refractivity contribution in [3.8, 4) is 0 Å². The van der Waals surface area contributed by atoms with E-state index in [2.05, 4.69) is 25.4 Å². The van der Waals surface area contributed by atoms with Crippen molar-refractivity contribution in [1.29, 1.82) is 0 Å². The molecule has 0 N–H and O–H groups in total. The Labute approximate surface area is 61.6 Å². The van der Waals surface area contributed by atoms with Gasteiger partial charge in [0.25, 0.3) is 0 Å². The van der Waals surface area contributed by atoms with E-state index in [1.165, 1.54) is 0 Å². The van der Waals surface area contributed by atoms with E-state index in [1.54, 1.807) is 6.08 Å². The van der Waals surface area contributed by atoms with Crippen LogP contribution >= 0.6 is 0 Å². The lowest BCUT2D eigenvalue weighted by Gasteiger charge is -2.25. The fourth-order valence-corrected chi connectivity index (χ4v) is 0.896. The molecule has 0 aromatic carbocycles. The number of hydrogen-bond acceptors (Lipinski definition) is 2. The molecule has 0 unspecified atom stereocenters. The maximum Gasteiger partial charge on any atom is 0.208 e. The lowest BCUT2D eigenvalue weighted by Crippen LogP contribution is -2.27. The third-order valence-electron chi connectivity index (χ3n) is 1.55. The van der Waals surface area contributed by atoms with Crippen LogP contribution in [0.2, 0.25) is 0 Å². The van der Waals surface area contributed by atoms with Gasteiger partial charge in [-0.3, -0.25) is 0 Å². The largest absolute Gasteiger partial charge is 0.478 e. The predicted molar refractivity (Wildman–Crippen MR) is 42.3 cm³/mol. The average molecular weight is 139 g/mol. The Morgan fingerprint density at radius 2 is 2.40 bits per heavy atom. The molecule has 1 aliphatic rings. The average Bonchev–Trinajstić information content (AvgIpc) is 1.86. The maximum absolute atomic E-state index is 5.19. The van der Waals surface area contributed by atoms with E-state index < -0.39 is 0 Å². The first kappa shape index (κ1) is 7.32. The van der Waals surface area contributed by atoms with Crippen molar-refractivity contribution < 1.29 is 4.74 Å². The SMILES string of the molecule is C=CC1=NC(C)(C)CCO1. The zero-order valence-corrected chi connectivity index (χ0v) is 6.55. The topological polar surface area (TPSA) is 21.6 Å². The summed E-state index contributed by atoms with van der Waals surface area (Å²) >= 11 is 0. The number of nitrogens with zero attached hydrogens (tertiary/aromatic N) is 1. The molecule has 0 aromatic heterocycles. The van der Waals surface area contributed by atoms with Crippen molar-refractivity contribution >= 4 is 5.90 Å². The van der Waals surface area contributed by atoms with Gasteiger partial charge in [0, 0.05) is 6.42 Å². The third-order valence-corrected chi connectivity index (χ3v) is 1.55. The molecular weight excluding hydrogens is 126 g/mol. The molecule has 0 bridgehead atoms. The summed E-state index contributed by atoms with van der Waals surface area (Å²) < 4.78 is 5.19. The zero-order valence-electron chi connectivity index (χ0n) is 6.55. The standard InChI is InChI=1S/C8H13NO/c1-4-7-9-8(2,3)5-6-10-7/h4H,1,5-6H2,2-3H3. The molecule has 0 fully saturated rings. The van der Waals surface area contributed by atoms with Gasteiger partial charge in [-0.05, 0) is 19.9 Å². The fourth-order valence-electron chi connectivity index (χ4n) is 0.896. The second kappa shape index (κ2) is 2.45. The Morgan fingerprint density at radius 1 is 1.70 bits per heavy atom. The highest BCUT2D eigenvalue weighted by atomic mass is 16.5. The summed E-state index contributed by atoms with van der Waals surface area (Å²) in [5.74, 6) is 0.677. The Balaban J connectivity index is 2.75. The molecule has 0 aliphatic carbocycles. The van der Waals surface area contributed by atoms with Crippen LogP contribution in [-0.2, 0) is 4.74 Å². The Hall–Kier alpha value is -0.790. The van der Waals surface area contributed by atoms with Crippen LogP contribution in [0.1, 0.15) is 20.3 Å². The molecular formula is C8H13NO. The van der Waals surface area contributed by atoms with Crippen LogP contribution in [0.3, 0.4) is 0 Å². The quantitative estimate of drug-likeness (QED) is 0.542. The highest BCUT2D eigenvalue weighted by molar-refractivity contribution is 5.87. The summed E-state index contributed by atoms with van der Waals surface area (Å²) in [5, 5.41) is 0. The van der Waals surface area contributed by atoms with E-state index in [4.69, 9.17) is 4.74 Å². The molecule has 1 aliphatic heterocycles. The van der Waals surface area contributed by atoms with Crippen LogP contribution in [0.4, 0.5) is 0 Å². The van der Waals surface area contributed by atoms with Crippen molar-refractivity contribution in [2.75, 3.05) is 6.61 Å². The van der Waals surface area contributed by atoms with Crippen molar-refractivity contribution in [2.45, 2.75) is 25.8 Å². The van der Waals surface area contributed by atoms with Crippen molar-refractivity contribution in [2.24, 2.45) is 4.99 Å². The first-order valence-corrected chi connectivity index (χ1v) is 3.49. The van der Waals surface area contributed by atoms with Gasteiger partial charge >= 0.3 is 0 Å². The van der Waals surface area contributed by atoms with Crippen LogP contribution in [0.5, 0.6) is 0 Å². The summed E-state index contributed by atoms with van der Waals surface area (Å²) in [4.78, 5) is 4.31. The second-order valence-electron chi connectivity index (χ2n) is 3.07. The molecule has 0 saturated heterocycles. The highest BCUT2D eigenvalue weighted by Crippen LogP contribution is 2.18. The molecule has 0 spiro atoms. The normalized spacial score (nSPS) is 22.8. The summed E-state index contributed by atoms with van der Waals surface area (Å²) in [6.45, 7) is 8.55. The minimum Gasteiger partial charge on any atom is -0.478 e. The fraction of sp³-hybridized carbons (Fsp3) is 0.625. The molecule has 1 rings (SSSR count). The highest BCUT2D eigenvalue weighted by Gasteiger charge is 2.21. The van der Waals surface area contributed by atoms with E-state index >= 15 is 0 Å². The maximum atomic E-state index is 5.19. The van der Waals surface area contributed by atoms with E-state index in [9.17, 15) is 0 Å². The summed E-state index contributed by atoms with van der Waals surface area (Å²) in [6.07, 6.45) is 2.64. The van der Waals surface area contributed by atoms with Gasteiger partial charge < -0.3 is 4.74 Å². The summed E-state index contributed by atoms with van der Waals surface area (Å²) in [7, 11) is 0. The molecule has 0 radical (unpaired) electrons. The number of rotatable bonds is 1. The molecule has 0 amide bonds. The number of hydrogen-bond donors (Lipinski definition) is 0. The molecule has 1 heterocycles. The Morgan fingerprint density at radius 3 is 2.80 bits per heavy atom. The van der Waals surface area contributed by atoms with Crippen molar-refractivity contribution in [3.63, 3.8) is 0 Å². The van der Waals surface area contributed by atoms with E-state index in [0.29, 0.717) is 5.90 Å². The van der Waals surface area contributed by atoms with Crippen LogP contribution in [-0.4, -0.2) is 18.0 Å². The minimum absolute atomic E-state index is 0.0434. The van der Waals surface area contributed by atoms with Gasteiger partial charge in [-0.2, -0.15) is 0 Å². The summed E-state index contributed by atoms with van der Waals surface area (Å²) in [6, 6.07) is 0. The first-order chi connectivity index (χ1) is 4.64. The van der Waals surface area contributed by atoms with E-state index in [0.717, 1.165) is 13.0 Å². The molecule has 0 saturated carbocycles. The van der Waals surface area contributed by atoms with Crippen molar-refractivity contribution in [3.05, 3.63) is 12.7 Å². The van der Waals surface area contributed by atoms with Crippen LogP contribution in [0.25, 0.3) is 0 Å².